The summed E-state index contributed by atoms with van der Waals surface area (Å²) in [5.74, 6) is -0.247. The molecule has 2 heterocycles. The van der Waals surface area contributed by atoms with Crippen LogP contribution in [0.15, 0.2) is 78.0 Å². The van der Waals surface area contributed by atoms with E-state index >= 15 is 0 Å². The van der Waals surface area contributed by atoms with E-state index in [0.29, 0.717) is 35.2 Å². The van der Waals surface area contributed by atoms with Crippen molar-refractivity contribution >= 4 is 33.0 Å². The first-order valence-electron chi connectivity index (χ1n) is 11.4. The minimum Gasteiger partial charge on any atom is -0.355 e. The lowest BCUT2D eigenvalue weighted by Gasteiger charge is -2.23. The summed E-state index contributed by atoms with van der Waals surface area (Å²) in [5.41, 5.74) is 2.42. The Bertz CT molecular complexity index is 1210. The second-order valence-corrected chi connectivity index (χ2v) is 10.0. The number of benzene rings is 2. The van der Waals surface area contributed by atoms with Gasteiger partial charge in [0.1, 0.15) is 0 Å². The van der Waals surface area contributed by atoms with E-state index in [-0.39, 0.29) is 10.8 Å². The number of amides is 1. The van der Waals surface area contributed by atoms with Crippen LogP contribution in [0.5, 0.6) is 0 Å². The first kappa shape index (κ1) is 23.9. The lowest BCUT2D eigenvalue weighted by atomic mass is 10.0. The van der Waals surface area contributed by atoms with Crippen LogP contribution in [0.1, 0.15) is 36.0 Å². The Balaban J connectivity index is 1.39. The van der Waals surface area contributed by atoms with Gasteiger partial charge in [-0.15, -0.1) is 0 Å². The molecule has 1 atom stereocenters. The zero-order valence-electron chi connectivity index (χ0n) is 18.8. The first-order valence-corrected chi connectivity index (χ1v) is 12.9. The molecule has 1 unspecified atom stereocenters. The van der Waals surface area contributed by atoms with Gasteiger partial charge in [-0.05, 0) is 74.3 Å². The van der Waals surface area contributed by atoms with Gasteiger partial charge in [-0.3, -0.25) is 9.78 Å². The summed E-state index contributed by atoms with van der Waals surface area (Å²) >= 11 is 0. The SMILES string of the molecule is O=C(Nc1ccncc1)c1cccc(Nc2cccc(S(=O)(=O)NCCC3CCCCN3)c2)c1. The predicted molar refractivity (Wildman–Crippen MR) is 134 cm³/mol. The van der Waals surface area contributed by atoms with E-state index in [2.05, 4.69) is 25.7 Å². The molecule has 0 aliphatic carbocycles. The van der Waals surface area contributed by atoms with Crippen LogP contribution in [0.4, 0.5) is 17.1 Å². The number of hydrogen-bond donors (Lipinski definition) is 4. The molecule has 1 aromatic heterocycles. The van der Waals surface area contributed by atoms with Gasteiger partial charge in [0.25, 0.3) is 5.91 Å². The number of sulfonamides is 1. The lowest BCUT2D eigenvalue weighted by molar-refractivity contribution is 0.102. The summed E-state index contributed by atoms with van der Waals surface area (Å²) in [6, 6.07) is 17.5. The van der Waals surface area contributed by atoms with Gasteiger partial charge in [-0.2, -0.15) is 0 Å². The second-order valence-electron chi connectivity index (χ2n) is 8.26. The van der Waals surface area contributed by atoms with Crippen LogP contribution in [0.3, 0.4) is 0 Å². The number of hydrogen-bond acceptors (Lipinski definition) is 6. The molecular formula is C25H29N5O3S. The van der Waals surface area contributed by atoms with Gasteiger partial charge in [0.05, 0.1) is 4.90 Å². The Morgan fingerprint density at radius 3 is 2.50 bits per heavy atom. The fraction of sp³-hybridized carbons (Fsp3) is 0.280. The van der Waals surface area contributed by atoms with Crippen molar-refractivity contribution in [1.29, 1.82) is 0 Å². The van der Waals surface area contributed by atoms with Gasteiger partial charge >= 0.3 is 0 Å². The predicted octanol–water partition coefficient (Wildman–Crippen LogP) is 3.89. The summed E-state index contributed by atoms with van der Waals surface area (Å²) in [5, 5.41) is 9.45. The van der Waals surface area contributed by atoms with Gasteiger partial charge in [0.15, 0.2) is 0 Å². The highest BCUT2D eigenvalue weighted by molar-refractivity contribution is 7.89. The Labute approximate surface area is 200 Å². The molecule has 1 amide bonds. The van der Waals surface area contributed by atoms with Crippen LogP contribution in [0.25, 0.3) is 0 Å². The summed E-state index contributed by atoms with van der Waals surface area (Å²) in [4.78, 5) is 16.7. The monoisotopic (exact) mass is 479 g/mol. The molecule has 178 valence electrons. The third kappa shape index (κ3) is 6.63. The van der Waals surface area contributed by atoms with E-state index in [1.807, 2.05) is 6.07 Å². The molecular weight excluding hydrogens is 450 g/mol. The van der Waals surface area contributed by atoms with Crippen molar-refractivity contribution in [1.82, 2.24) is 15.0 Å². The number of pyridine rings is 1. The average Bonchev–Trinajstić information content (AvgIpc) is 2.85. The standard InChI is InChI=1S/C25H29N5O3S/c31-25(30-21-10-14-26-15-11-21)19-5-3-7-22(17-19)29-23-8-4-9-24(18-23)34(32,33)28-16-12-20-6-1-2-13-27-20/h3-5,7-11,14-15,17-18,20,27-29H,1-2,6,12-13,16H2,(H,26,30,31). The van der Waals surface area contributed by atoms with Crippen LogP contribution in [0, 0.1) is 0 Å². The molecule has 3 aromatic rings. The van der Waals surface area contributed by atoms with Gasteiger partial charge in [0, 0.05) is 47.6 Å². The third-order valence-corrected chi connectivity index (χ3v) is 7.15. The van der Waals surface area contributed by atoms with E-state index in [4.69, 9.17) is 0 Å². The molecule has 8 nitrogen and oxygen atoms in total. The van der Waals surface area contributed by atoms with Crippen LogP contribution in [-0.4, -0.2) is 38.4 Å². The average molecular weight is 480 g/mol. The Kier molecular flexibility index (Phi) is 7.89. The van der Waals surface area contributed by atoms with E-state index in [1.165, 1.54) is 12.8 Å². The third-order valence-electron chi connectivity index (χ3n) is 5.69. The number of nitrogens with zero attached hydrogens (tertiary/aromatic N) is 1. The number of carbonyl (C=O) groups excluding carboxylic acids is 1. The molecule has 1 saturated heterocycles. The summed E-state index contributed by atoms with van der Waals surface area (Å²) < 4.78 is 28.3. The minimum atomic E-state index is -3.62. The minimum absolute atomic E-state index is 0.195. The van der Waals surface area contributed by atoms with Crippen molar-refractivity contribution in [2.75, 3.05) is 23.7 Å². The largest absolute Gasteiger partial charge is 0.355 e. The van der Waals surface area contributed by atoms with E-state index in [9.17, 15) is 13.2 Å². The van der Waals surface area contributed by atoms with Crippen LogP contribution in [-0.2, 0) is 10.0 Å². The zero-order chi connectivity index (χ0) is 23.8. The van der Waals surface area contributed by atoms with Crippen molar-refractivity contribution in [3.05, 3.63) is 78.6 Å². The molecule has 1 aliphatic heterocycles. The van der Waals surface area contributed by atoms with E-state index in [0.717, 1.165) is 19.4 Å². The maximum Gasteiger partial charge on any atom is 0.255 e. The number of piperidine rings is 1. The van der Waals surface area contributed by atoms with E-state index in [1.54, 1.807) is 67.0 Å². The van der Waals surface area contributed by atoms with Crippen molar-refractivity contribution in [2.24, 2.45) is 0 Å². The molecule has 2 aromatic carbocycles. The summed E-state index contributed by atoms with van der Waals surface area (Å²) in [7, 11) is -3.62. The molecule has 0 saturated carbocycles. The normalized spacial score (nSPS) is 16.1. The lowest BCUT2D eigenvalue weighted by Crippen LogP contribution is -2.37. The molecule has 0 radical (unpaired) electrons. The quantitative estimate of drug-likeness (QED) is 0.370. The summed E-state index contributed by atoms with van der Waals surface area (Å²) in [6.45, 7) is 1.39. The molecule has 34 heavy (non-hydrogen) atoms. The highest BCUT2D eigenvalue weighted by Crippen LogP contribution is 2.22. The van der Waals surface area contributed by atoms with Crippen LogP contribution < -0.4 is 20.7 Å². The highest BCUT2D eigenvalue weighted by Gasteiger charge is 2.17. The Morgan fingerprint density at radius 2 is 1.74 bits per heavy atom. The second kappa shape index (κ2) is 11.2. The van der Waals surface area contributed by atoms with Crippen molar-refractivity contribution in [2.45, 2.75) is 36.6 Å². The number of rotatable bonds is 9. The van der Waals surface area contributed by atoms with Gasteiger partial charge < -0.3 is 16.0 Å². The Hall–Kier alpha value is -3.27. The molecule has 9 heteroatoms. The molecule has 1 aliphatic rings. The van der Waals surface area contributed by atoms with Crippen molar-refractivity contribution in [3.8, 4) is 0 Å². The molecule has 1 fully saturated rings. The number of anilines is 3. The van der Waals surface area contributed by atoms with Gasteiger partial charge in [0.2, 0.25) is 10.0 Å². The smallest absolute Gasteiger partial charge is 0.255 e. The van der Waals surface area contributed by atoms with Crippen molar-refractivity contribution < 1.29 is 13.2 Å². The molecule has 4 rings (SSSR count). The number of aromatic nitrogens is 1. The highest BCUT2D eigenvalue weighted by atomic mass is 32.2. The first-order chi connectivity index (χ1) is 16.5. The molecule has 0 spiro atoms. The zero-order valence-corrected chi connectivity index (χ0v) is 19.6. The molecule has 0 bridgehead atoms. The topological polar surface area (TPSA) is 112 Å². The van der Waals surface area contributed by atoms with Gasteiger partial charge in [-0.25, -0.2) is 13.1 Å². The van der Waals surface area contributed by atoms with Gasteiger partial charge in [-0.1, -0.05) is 18.6 Å². The van der Waals surface area contributed by atoms with Crippen LogP contribution >= 0.6 is 0 Å². The molecule has 4 N–H and O–H groups in total. The fourth-order valence-corrected chi connectivity index (χ4v) is 5.00. The fourth-order valence-electron chi connectivity index (χ4n) is 3.91. The Morgan fingerprint density at radius 1 is 0.971 bits per heavy atom. The van der Waals surface area contributed by atoms with Crippen molar-refractivity contribution in [3.63, 3.8) is 0 Å². The maximum absolute atomic E-state index is 12.8. The van der Waals surface area contributed by atoms with Crippen LogP contribution in [0.2, 0.25) is 0 Å². The number of nitrogens with one attached hydrogen (secondary N) is 4. The maximum atomic E-state index is 12.8. The summed E-state index contributed by atoms with van der Waals surface area (Å²) in [6.07, 6.45) is 7.43. The van der Waals surface area contributed by atoms with E-state index < -0.39 is 10.0 Å². The number of carbonyl (C=O) groups is 1.